The Hall–Kier alpha value is -4.49. The first-order chi connectivity index (χ1) is 28.4. The van der Waals surface area contributed by atoms with Gasteiger partial charge in [0.1, 0.15) is 28.7 Å². The fourth-order valence-electron chi connectivity index (χ4n) is 9.52. The van der Waals surface area contributed by atoms with Crippen molar-refractivity contribution in [3.8, 4) is 5.75 Å². The lowest BCUT2D eigenvalue weighted by molar-refractivity contribution is -0.316. The first kappa shape index (κ1) is 46.0. The van der Waals surface area contributed by atoms with Gasteiger partial charge in [-0.15, -0.1) is 0 Å². The van der Waals surface area contributed by atoms with Crippen molar-refractivity contribution in [1.29, 1.82) is 0 Å². The average Bonchev–Trinajstić information content (AvgIpc) is 3.17. The van der Waals surface area contributed by atoms with Crippen LogP contribution in [0.15, 0.2) is 23.5 Å². The van der Waals surface area contributed by atoms with E-state index in [0.29, 0.717) is 5.57 Å². The van der Waals surface area contributed by atoms with E-state index >= 15 is 0 Å². The number of phenols is 1. The molecule has 12 atom stereocenters. The number of carbonyl (C=O) groups is 7. The molecule has 2 heterocycles. The first-order valence-electron chi connectivity index (χ1n) is 20.5. The van der Waals surface area contributed by atoms with E-state index in [-0.39, 0.29) is 47.6 Å². The lowest BCUT2D eigenvalue weighted by Gasteiger charge is -2.53. The fourth-order valence-corrected chi connectivity index (χ4v) is 9.52. The lowest BCUT2D eigenvalue weighted by Crippen LogP contribution is -2.79. The normalized spacial score (nSPS) is 35.8. The van der Waals surface area contributed by atoms with Crippen molar-refractivity contribution in [2.75, 3.05) is 7.11 Å². The van der Waals surface area contributed by atoms with Crippen LogP contribution in [0.25, 0.3) is 0 Å². The molecule has 0 spiro atoms. The van der Waals surface area contributed by atoms with Gasteiger partial charge in [0.15, 0.2) is 47.9 Å². The summed E-state index contributed by atoms with van der Waals surface area (Å²) in [7, 11) is 1.15. The van der Waals surface area contributed by atoms with Crippen molar-refractivity contribution in [2.45, 2.75) is 154 Å². The minimum Gasteiger partial charge on any atom is -0.506 e. The van der Waals surface area contributed by atoms with Crippen LogP contribution in [0.4, 0.5) is 0 Å². The Bertz CT molecular complexity index is 2130. The standard InChI is InChI=1S/C44H54O17/c1-10-11-18(2)14-19(3)41(52)61-39-23(7)58-29(17-42(39,8)53)59-26-12-13-28(57-22(26)6)60-40-36(49)31(21(5)45)37(50)44(55)38(51)32-24(16-43(40,44)54)20(4)30-33(35(32)48)25(46)15-27(56-9)34(30)47/h14-15,18,22-23,26,28-29,31,39-40,48,53-55H,10-13,16-17H2,1-9H3/b19-14-/t18?,22?,23?,26?,28?,29?,31?,39?,40-,42?,43-,44-/m1/s1. The number of fused-ring (bicyclic) bond motifs is 3. The first-order valence-corrected chi connectivity index (χ1v) is 20.5. The maximum atomic E-state index is 14.4. The summed E-state index contributed by atoms with van der Waals surface area (Å²) >= 11 is 0. The lowest BCUT2D eigenvalue weighted by atomic mass is 9.55. The molecule has 1 saturated carbocycles. The summed E-state index contributed by atoms with van der Waals surface area (Å²) in [5.74, 6) is -11.4. The van der Waals surface area contributed by atoms with Crippen molar-refractivity contribution in [1.82, 2.24) is 0 Å². The van der Waals surface area contributed by atoms with Crippen molar-refractivity contribution in [3.05, 3.63) is 51.3 Å². The fraction of sp³-hybridized carbons (Fsp3) is 0.614. The Balaban J connectivity index is 1.22. The zero-order chi connectivity index (χ0) is 45.3. The Morgan fingerprint density at radius 2 is 1.62 bits per heavy atom. The number of ketones is 6. The number of hydrogen-bond donors (Lipinski definition) is 4. The molecule has 0 amide bonds. The number of hydrogen-bond acceptors (Lipinski definition) is 17. The maximum Gasteiger partial charge on any atom is 0.333 e. The van der Waals surface area contributed by atoms with Gasteiger partial charge in [-0.05, 0) is 71.4 Å². The maximum absolute atomic E-state index is 14.4. The van der Waals surface area contributed by atoms with Gasteiger partial charge in [-0.2, -0.15) is 0 Å². The molecule has 3 fully saturated rings. The summed E-state index contributed by atoms with van der Waals surface area (Å²) < 4.78 is 35.2. The summed E-state index contributed by atoms with van der Waals surface area (Å²) in [4.78, 5) is 94.6. The van der Waals surface area contributed by atoms with Crippen LogP contribution in [-0.2, 0) is 54.0 Å². The van der Waals surface area contributed by atoms with Gasteiger partial charge in [0, 0.05) is 36.5 Å². The summed E-state index contributed by atoms with van der Waals surface area (Å²) in [6.45, 7) is 12.7. The number of allylic oxidation sites excluding steroid dienone is 3. The molecule has 1 aromatic carbocycles. The van der Waals surface area contributed by atoms with Crippen LogP contribution in [0.2, 0.25) is 0 Å². The number of ether oxygens (including phenoxy) is 6. The number of methoxy groups -OCH3 is 1. The van der Waals surface area contributed by atoms with Gasteiger partial charge < -0.3 is 48.8 Å². The predicted molar refractivity (Wildman–Crippen MR) is 209 cm³/mol. The molecular weight excluding hydrogens is 800 g/mol. The van der Waals surface area contributed by atoms with Gasteiger partial charge in [0.2, 0.25) is 17.2 Å². The van der Waals surface area contributed by atoms with E-state index in [4.69, 9.17) is 28.4 Å². The van der Waals surface area contributed by atoms with Crippen LogP contribution >= 0.6 is 0 Å². The largest absolute Gasteiger partial charge is 0.506 e. The molecular formula is C44H54O17. The predicted octanol–water partition coefficient (Wildman–Crippen LogP) is 2.64. The van der Waals surface area contributed by atoms with Crippen molar-refractivity contribution < 1.29 is 82.4 Å². The number of carbonyl (C=O) groups excluding carboxylic acids is 7. The highest BCUT2D eigenvalue weighted by Gasteiger charge is 2.74. The molecule has 0 bridgehead atoms. The highest BCUT2D eigenvalue weighted by Crippen LogP contribution is 2.51. The minimum atomic E-state index is -3.55. The minimum absolute atomic E-state index is 0.0203. The van der Waals surface area contributed by atoms with Crippen LogP contribution in [0.5, 0.6) is 5.75 Å². The van der Waals surface area contributed by atoms with E-state index in [9.17, 15) is 54.0 Å². The van der Waals surface area contributed by atoms with Gasteiger partial charge in [0.05, 0.1) is 36.5 Å². The van der Waals surface area contributed by atoms with Crippen LogP contribution in [0.3, 0.4) is 0 Å². The monoisotopic (exact) mass is 854 g/mol. The second kappa shape index (κ2) is 16.7. The summed E-state index contributed by atoms with van der Waals surface area (Å²) in [6, 6.07) is 0. The molecule has 0 aromatic heterocycles. The molecule has 61 heavy (non-hydrogen) atoms. The van der Waals surface area contributed by atoms with E-state index < -0.39 is 130 Å². The van der Waals surface area contributed by atoms with Crippen LogP contribution in [0, 0.1) is 18.8 Å². The molecule has 0 radical (unpaired) electrons. The summed E-state index contributed by atoms with van der Waals surface area (Å²) in [6.07, 6.45) is -4.16. The number of aliphatic hydroxyl groups is 3. The second-order valence-electron chi connectivity index (χ2n) is 17.2. The molecule has 6 rings (SSSR count). The van der Waals surface area contributed by atoms with Gasteiger partial charge in [-0.3, -0.25) is 28.8 Å². The van der Waals surface area contributed by atoms with Crippen LogP contribution < -0.4 is 0 Å². The Morgan fingerprint density at radius 3 is 2.21 bits per heavy atom. The zero-order valence-electron chi connectivity index (χ0n) is 35.7. The summed E-state index contributed by atoms with van der Waals surface area (Å²) in [5, 5.41) is 47.4. The second-order valence-corrected chi connectivity index (χ2v) is 17.2. The molecule has 3 aliphatic carbocycles. The molecule has 332 valence electrons. The third-order valence-corrected chi connectivity index (χ3v) is 12.7. The van der Waals surface area contributed by atoms with Gasteiger partial charge in [0.25, 0.3) is 0 Å². The number of rotatable bonds is 11. The third kappa shape index (κ3) is 7.61. The summed E-state index contributed by atoms with van der Waals surface area (Å²) in [5.41, 5.74) is -9.79. The van der Waals surface area contributed by atoms with E-state index in [0.717, 1.165) is 33.0 Å². The Kier molecular flexibility index (Phi) is 12.6. The Labute approximate surface area is 352 Å². The zero-order valence-corrected chi connectivity index (χ0v) is 35.7. The molecule has 9 unspecified atom stereocenters. The van der Waals surface area contributed by atoms with Crippen molar-refractivity contribution in [2.24, 2.45) is 11.8 Å². The highest BCUT2D eigenvalue weighted by molar-refractivity contribution is 6.35. The molecule has 2 saturated heterocycles. The number of phenolic OH excluding ortho intramolecular Hbond substituents is 1. The molecule has 17 nitrogen and oxygen atoms in total. The third-order valence-electron chi connectivity index (χ3n) is 12.7. The van der Waals surface area contributed by atoms with E-state index in [1.165, 1.54) is 13.8 Å². The van der Waals surface area contributed by atoms with Crippen LogP contribution in [0.1, 0.15) is 123 Å². The van der Waals surface area contributed by atoms with Crippen molar-refractivity contribution >= 4 is 40.7 Å². The number of Topliss-reactive ketones (excluding diaryl/α,β-unsaturated/α-hetero) is 5. The van der Waals surface area contributed by atoms with Gasteiger partial charge in [-0.25, -0.2) is 4.79 Å². The number of benzene rings is 1. The van der Waals surface area contributed by atoms with E-state index in [1.54, 1.807) is 20.8 Å². The van der Waals surface area contributed by atoms with Gasteiger partial charge in [-0.1, -0.05) is 26.3 Å². The Morgan fingerprint density at radius 1 is 0.967 bits per heavy atom. The van der Waals surface area contributed by atoms with E-state index in [1.807, 2.05) is 13.0 Å². The molecule has 4 N–H and O–H groups in total. The SMILES string of the molecule is CCCC(C)/C=C(/C)C(=O)OC1C(C)OC(OC2CCC(O[C@@H]3C(=O)C(C(C)=O)C(=O)[C@@]4(O)C(=O)c5c(O)c6c(c(C)c5C[C@@]34O)C(=O)C(OC)=CC6=O)OC2C)CC1(C)O. The highest BCUT2D eigenvalue weighted by atomic mass is 16.7. The quantitative estimate of drug-likeness (QED) is 0.142. The smallest absolute Gasteiger partial charge is 0.333 e. The number of aromatic hydroxyl groups is 1. The molecule has 2 aliphatic heterocycles. The average molecular weight is 855 g/mol. The van der Waals surface area contributed by atoms with Crippen LogP contribution in [-0.4, -0.2) is 128 Å². The molecule has 17 heteroatoms. The number of esters is 1. The molecule has 5 aliphatic rings. The van der Waals surface area contributed by atoms with E-state index in [2.05, 4.69) is 6.92 Å². The topological polar surface area (TPSA) is 256 Å². The molecule has 1 aromatic rings. The van der Waals surface area contributed by atoms with Gasteiger partial charge >= 0.3 is 5.97 Å². The van der Waals surface area contributed by atoms with Crippen molar-refractivity contribution in [3.63, 3.8) is 0 Å².